The fourth-order valence-corrected chi connectivity index (χ4v) is 2.68. The summed E-state index contributed by atoms with van der Waals surface area (Å²) < 4.78 is 2.56. The van der Waals surface area contributed by atoms with E-state index >= 15 is 0 Å². The smallest absolute Gasteiger partial charge is 0.248 e. The molecule has 0 spiro atoms. The molecule has 3 aromatic heterocycles. The van der Waals surface area contributed by atoms with Crippen molar-refractivity contribution in [2.75, 3.05) is 0 Å². The zero-order chi connectivity index (χ0) is 12.5. The highest BCUT2D eigenvalue weighted by molar-refractivity contribution is 9.10. The van der Waals surface area contributed by atoms with E-state index in [1.807, 2.05) is 12.1 Å². The van der Waals surface area contributed by atoms with Crippen LogP contribution in [0.1, 0.15) is 0 Å². The average Bonchev–Trinajstić information content (AvgIpc) is 2.80. The van der Waals surface area contributed by atoms with Crippen LogP contribution in [0.3, 0.4) is 0 Å². The lowest BCUT2D eigenvalue weighted by molar-refractivity contribution is 0.841. The van der Waals surface area contributed by atoms with E-state index < -0.39 is 0 Å². The maximum absolute atomic E-state index is 5.94. The number of halogens is 2. The monoisotopic (exact) mass is 341 g/mol. The molecule has 0 bridgehead atoms. The largest absolute Gasteiger partial charge is 0.254 e. The first kappa shape index (κ1) is 11.9. The maximum atomic E-state index is 5.94. The Kier molecular flexibility index (Phi) is 3.19. The summed E-state index contributed by atoms with van der Waals surface area (Å²) in [6.07, 6.45) is 3.18. The van der Waals surface area contributed by atoms with Crippen molar-refractivity contribution in [3.05, 3.63) is 40.3 Å². The summed E-state index contributed by atoms with van der Waals surface area (Å²) in [6, 6.07) is 5.57. The second-order valence-corrected chi connectivity index (χ2v) is 5.65. The van der Waals surface area contributed by atoms with Crippen molar-refractivity contribution >= 4 is 45.1 Å². The Hall–Kier alpha value is -1.18. The van der Waals surface area contributed by atoms with Crippen LogP contribution in [0.25, 0.3) is 5.78 Å². The molecular weight excluding hydrogens is 338 g/mol. The summed E-state index contributed by atoms with van der Waals surface area (Å²) in [6.45, 7) is 0. The Labute approximate surface area is 120 Å². The van der Waals surface area contributed by atoms with Crippen molar-refractivity contribution in [2.45, 2.75) is 10.1 Å². The number of fused-ring (bicyclic) bond motifs is 1. The molecule has 0 N–H and O–H groups in total. The molecule has 0 fully saturated rings. The molecular formula is C10H5BrClN5S. The van der Waals surface area contributed by atoms with Gasteiger partial charge in [0.2, 0.25) is 0 Å². The zero-order valence-corrected chi connectivity index (χ0v) is 11.9. The molecule has 0 aliphatic heterocycles. The first-order chi connectivity index (χ1) is 8.72. The molecule has 5 nitrogen and oxygen atoms in total. The fourth-order valence-electron chi connectivity index (χ4n) is 1.36. The lowest BCUT2D eigenvalue weighted by Gasteiger charge is -2.03. The molecule has 0 atom stereocenters. The topological polar surface area (TPSA) is 56.0 Å². The van der Waals surface area contributed by atoms with Crippen molar-refractivity contribution < 1.29 is 0 Å². The van der Waals surface area contributed by atoms with Crippen LogP contribution in [-0.4, -0.2) is 24.6 Å². The number of rotatable bonds is 2. The first-order valence-corrected chi connectivity index (χ1v) is 6.87. The van der Waals surface area contributed by atoms with Crippen molar-refractivity contribution in [1.29, 1.82) is 0 Å². The van der Waals surface area contributed by atoms with E-state index in [-0.39, 0.29) is 0 Å². The summed E-state index contributed by atoms with van der Waals surface area (Å²) in [5.41, 5.74) is 0. The van der Waals surface area contributed by atoms with Gasteiger partial charge < -0.3 is 0 Å². The first-order valence-electron chi connectivity index (χ1n) is 4.88. The van der Waals surface area contributed by atoms with Crippen LogP contribution < -0.4 is 0 Å². The number of hydrogen-bond donors (Lipinski definition) is 0. The minimum absolute atomic E-state index is 0.384. The number of nitrogens with zero attached hydrogens (tertiary/aromatic N) is 5. The van der Waals surface area contributed by atoms with E-state index in [0.29, 0.717) is 10.9 Å². The molecule has 0 saturated carbocycles. The van der Waals surface area contributed by atoms with Crippen LogP contribution in [0.15, 0.2) is 45.2 Å². The lowest BCUT2D eigenvalue weighted by atomic mass is 10.5. The van der Waals surface area contributed by atoms with Crippen LogP contribution in [0.4, 0.5) is 0 Å². The van der Waals surface area contributed by atoms with Crippen LogP contribution in [0.2, 0.25) is 5.15 Å². The van der Waals surface area contributed by atoms with Gasteiger partial charge in [-0.15, -0.1) is 0 Å². The van der Waals surface area contributed by atoms with Crippen LogP contribution in [0, 0.1) is 0 Å². The molecule has 3 heterocycles. The number of pyridine rings is 1. The van der Waals surface area contributed by atoms with E-state index in [1.54, 1.807) is 16.8 Å². The maximum Gasteiger partial charge on any atom is 0.254 e. The van der Waals surface area contributed by atoms with Gasteiger partial charge in [-0.3, -0.25) is 0 Å². The van der Waals surface area contributed by atoms with Gasteiger partial charge in [0.05, 0.1) is 0 Å². The minimum Gasteiger partial charge on any atom is -0.248 e. The van der Waals surface area contributed by atoms with Gasteiger partial charge in [-0.1, -0.05) is 11.6 Å². The van der Waals surface area contributed by atoms with Crippen LogP contribution in [-0.2, 0) is 0 Å². The summed E-state index contributed by atoms with van der Waals surface area (Å²) in [5.74, 6) is 0.474. The second-order valence-electron chi connectivity index (χ2n) is 3.31. The van der Waals surface area contributed by atoms with Gasteiger partial charge in [0.15, 0.2) is 0 Å². The highest BCUT2D eigenvalue weighted by Crippen LogP contribution is 2.27. The second kappa shape index (κ2) is 4.83. The van der Waals surface area contributed by atoms with E-state index in [0.717, 1.165) is 14.5 Å². The van der Waals surface area contributed by atoms with E-state index in [2.05, 4.69) is 36.0 Å². The van der Waals surface area contributed by atoms with Gasteiger partial charge in [0, 0.05) is 16.7 Å². The third-order valence-corrected chi connectivity index (χ3v) is 3.71. The number of aromatic nitrogens is 5. The normalized spacial score (nSPS) is 11.0. The van der Waals surface area contributed by atoms with E-state index in [1.165, 1.54) is 18.1 Å². The quantitative estimate of drug-likeness (QED) is 0.670. The third kappa shape index (κ3) is 2.33. The molecule has 3 aromatic rings. The van der Waals surface area contributed by atoms with Gasteiger partial charge in [0.25, 0.3) is 5.78 Å². The Morgan fingerprint density at radius 2 is 2.17 bits per heavy atom. The molecule has 18 heavy (non-hydrogen) atoms. The van der Waals surface area contributed by atoms with Gasteiger partial charge in [-0.25, -0.2) is 4.98 Å². The molecule has 0 aliphatic rings. The molecule has 90 valence electrons. The lowest BCUT2D eigenvalue weighted by Crippen LogP contribution is -1.95. The predicted octanol–water partition coefficient (Wildman–Crippen LogP) is 3.09. The van der Waals surface area contributed by atoms with Gasteiger partial charge in [0.1, 0.15) is 21.5 Å². The summed E-state index contributed by atoms with van der Waals surface area (Å²) >= 11 is 10.7. The fraction of sp³-hybridized carbons (Fsp3) is 0. The molecule has 0 unspecified atom stereocenters. The third-order valence-electron chi connectivity index (χ3n) is 2.10. The Morgan fingerprint density at radius 3 is 2.94 bits per heavy atom. The van der Waals surface area contributed by atoms with Crippen LogP contribution in [0.5, 0.6) is 0 Å². The number of hydrogen-bond acceptors (Lipinski definition) is 5. The highest BCUT2D eigenvalue weighted by Gasteiger charge is 2.08. The van der Waals surface area contributed by atoms with E-state index in [9.17, 15) is 0 Å². The Morgan fingerprint density at radius 1 is 1.28 bits per heavy atom. The summed E-state index contributed by atoms with van der Waals surface area (Å²) in [7, 11) is 0. The molecule has 0 aliphatic carbocycles. The van der Waals surface area contributed by atoms with Gasteiger partial charge >= 0.3 is 0 Å². The van der Waals surface area contributed by atoms with Crippen LogP contribution >= 0.6 is 39.3 Å². The predicted molar refractivity (Wildman–Crippen MR) is 71.9 cm³/mol. The molecule has 0 amide bonds. The standard InChI is InChI=1S/C10H5BrClN5S/c11-6-1-2-8(13-4-6)18-9-3-7(12)16-10-14-5-15-17(9)10/h1-5H. The Balaban J connectivity index is 2.03. The molecule has 8 heteroatoms. The SMILES string of the molecule is Clc1cc(Sc2ccc(Br)cn2)n2ncnc2n1. The van der Waals surface area contributed by atoms with Gasteiger partial charge in [-0.2, -0.15) is 19.6 Å². The molecule has 0 aromatic carbocycles. The minimum atomic E-state index is 0.384. The summed E-state index contributed by atoms with van der Waals surface area (Å²) in [5, 5.41) is 6.15. The molecule has 0 radical (unpaired) electrons. The molecule has 0 saturated heterocycles. The van der Waals surface area contributed by atoms with Crippen molar-refractivity contribution in [2.24, 2.45) is 0 Å². The zero-order valence-electron chi connectivity index (χ0n) is 8.79. The van der Waals surface area contributed by atoms with Crippen molar-refractivity contribution in [1.82, 2.24) is 24.6 Å². The van der Waals surface area contributed by atoms with Crippen molar-refractivity contribution in [3.63, 3.8) is 0 Å². The summed E-state index contributed by atoms with van der Waals surface area (Å²) in [4.78, 5) is 12.4. The average molecular weight is 343 g/mol. The molecule has 3 rings (SSSR count). The van der Waals surface area contributed by atoms with E-state index in [4.69, 9.17) is 11.6 Å². The van der Waals surface area contributed by atoms with Crippen molar-refractivity contribution in [3.8, 4) is 0 Å². The van der Waals surface area contributed by atoms with Gasteiger partial charge in [-0.05, 0) is 39.8 Å². The Bertz CT molecular complexity index is 699. The highest BCUT2D eigenvalue weighted by atomic mass is 79.9.